The molecule has 18 heavy (non-hydrogen) atoms. The maximum atomic E-state index is 3.54. The highest BCUT2D eigenvalue weighted by Crippen LogP contribution is 2.14. The van der Waals surface area contributed by atoms with E-state index in [0.717, 1.165) is 13.1 Å². The summed E-state index contributed by atoms with van der Waals surface area (Å²) in [5.74, 6) is 0.612. The molecule has 1 aromatic carbocycles. The van der Waals surface area contributed by atoms with Gasteiger partial charge in [-0.05, 0) is 24.0 Å². The van der Waals surface area contributed by atoms with Crippen LogP contribution in [0.1, 0.15) is 51.7 Å². The van der Waals surface area contributed by atoms with Crippen molar-refractivity contribution in [2.75, 3.05) is 6.54 Å². The van der Waals surface area contributed by atoms with Gasteiger partial charge < -0.3 is 10.6 Å². The predicted molar refractivity (Wildman–Crippen MR) is 80.0 cm³/mol. The molecular weight excluding hydrogens is 220 g/mol. The van der Waals surface area contributed by atoms with Gasteiger partial charge in [-0.1, -0.05) is 52.0 Å². The molecule has 2 heteroatoms. The Balaban J connectivity index is 2.34. The molecule has 0 fully saturated rings. The molecule has 0 bridgehead atoms. The molecule has 2 N–H and O–H groups in total. The zero-order valence-electron chi connectivity index (χ0n) is 12.5. The first-order chi connectivity index (χ1) is 8.49. The van der Waals surface area contributed by atoms with Crippen LogP contribution in [0, 0.1) is 0 Å². The maximum absolute atomic E-state index is 3.54. The van der Waals surface area contributed by atoms with Crippen LogP contribution in [0.25, 0.3) is 0 Å². The molecule has 1 atom stereocenters. The molecule has 102 valence electrons. The lowest BCUT2D eigenvalue weighted by molar-refractivity contribution is 0.474. The number of hydrogen-bond donors (Lipinski definition) is 2. The van der Waals surface area contributed by atoms with Gasteiger partial charge in [0.2, 0.25) is 0 Å². The second kappa shape index (κ2) is 7.55. The van der Waals surface area contributed by atoms with Crippen molar-refractivity contribution in [2.45, 2.75) is 59.2 Å². The third kappa shape index (κ3) is 5.65. The molecule has 2 nitrogen and oxygen atoms in total. The van der Waals surface area contributed by atoms with Gasteiger partial charge >= 0.3 is 0 Å². The Kier molecular flexibility index (Phi) is 6.37. The first kappa shape index (κ1) is 15.2. The molecule has 1 aromatic rings. The van der Waals surface area contributed by atoms with Crippen molar-refractivity contribution in [1.82, 2.24) is 10.6 Å². The van der Waals surface area contributed by atoms with Gasteiger partial charge in [0.1, 0.15) is 0 Å². The fourth-order valence-electron chi connectivity index (χ4n) is 1.80. The van der Waals surface area contributed by atoms with E-state index >= 15 is 0 Å². The van der Waals surface area contributed by atoms with E-state index in [1.54, 1.807) is 0 Å². The molecule has 0 saturated carbocycles. The lowest BCUT2D eigenvalue weighted by Gasteiger charge is -2.16. The number of benzene rings is 1. The first-order valence-electron chi connectivity index (χ1n) is 7.04. The van der Waals surface area contributed by atoms with E-state index in [-0.39, 0.29) is 0 Å². The summed E-state index contributed by atoms with van der Waals surface area (Å²) in [6.07, 6.45) is 0. The minimum absolute atomic E-state index is 0.497. The van der Waals surface area contributed by atoms with Crippen LogP contribution in [0.15, 0.2) is 24.3 Å². The molecule has 0 aliphatic carbocycles. The second-order valence-electron chi connectivity index (χ2n) is 5.74. The third-order valence-corrected chi connectivity index (χ3v) is 3.13. The lowest BCUT2D eigenvalue weighted by atomic mass is 10.0. The van der Waals surface area contributed by atoms with E-state index in [9.17, 15) is 0 Å². The van der Waals surface area contributed by atoms with Crippen molar-refractivity contribution in [1.29, 1.82) is 0 Å². The van der Waals surface area contributed by atoms with Crippen LogP contribution < -0.4 is 10.6 Å². The standard InChI is InChI=1S/C16H28N2/c1-12(2)16-8-6-15(7-9-16)11-18-14(5)10-17-13(3)4/h6-9,12-14,17-18H,10-11H2,1-5H3. The average Bonchev–Trinajstić information content (AvgIpc) is 2.34. The lowest BCUT2D eigenvalue weighted by Crippen LogP contribution is -2.38. The van der Waals surface area contributed by atoms with Crippen molar-refractivity contribution in [3.8, 4) is 0 Å². The Morgan fingerprint density at radius 2 is 1.50 bits per heavy atom. The fraction of sp³-hybridized carbons (Fsp3) is 0.625. The molecule has 0 aromatic heterocycles. The summed E-state index contributed by atoms with van der Waals surface area (Å²) < 4.78 is 0. The smallest absolute Gasteiger partial charge is 0.0208 e. The van der Waals surface area contributed by atoms with Gasteiger partial charge in [0.15, 0.2) is 0 Å². The topological polar surface area (TPSA) is 24.1 Å². The van der Waals surface area contributed by atoms with E-state index in [1.165, 1.54) is 11.1 Å². The summed E-state index contributed by atoms with van der Waals surface area (Å²) in [5, 5.41) is 6.98. The molecule has 0 heterocycles. The average molecular weight is 248 g/mol. The minimum Gasteiger partial charge on any atom is -0.313 e. The summed E-state index contributed by atoms with van der Waals surface area (Å²) in [4.78, 5) is 0. The normalized spacial score (nSPS) is 13.3. The van der Waals surface area contributed by atoms with Crippen molar-refractivity contribution >= 4 is 0 Å². The Labute approximate surface area is 112 Å². The second-order valence-corrected chi connectivity index (χ2v) is 5.74. The summed E-state index contributed by atoms with van der Waals surface area (Å²) in [7, 11) is 0. The van der Waals surface area contributed by atoms with E-state index in [4.69, 9.17) is 0 Å². The van der Waals surface area contributed by atoms with Gasteiger partial charge in [0.25, 0.3) is 0 Å². The fourth-order valence-corrected chi connectivity index (χ4v) is 1.80. The summed E-state index contributed by atoms with van der Waals surface area (Å²) >= 11 is 0. The number of rotatable bonds is 7. The molecule has 0 aliphatic heterocycles. The Morgan fingerprint density at radius 1 is 0.889 bits per heavy atom. The third-order valence-electron chi connectivity index (χ3n) is 3.13. The Morgan fingerprint density at radius 3 is 2.00 bits per heavy atom. The molecule has 0 radical (unpaired) electrons. The van der Waals surface area contributed by atoms with Crippen molar-refractivity contribution in [3.63, 3.8) is 0 Å². The van der Waals surface area contributed by atoms with E-state index in [2.05, 4.69) is 69.5 Å². The highest BCUT2D eigenvalue weighted by Gasteiger charge is 2.03. The quantitative estimate of drug-likeness (QED) is 0.774. The highest BCUT2D eigenvalue weighted by atomic mass is 15.0. The van der Waals surface area contributed by atoms with E-state index in [0.29, 0.717) is 18.0 Å². The molecule has 0 saturated heterocycles. The van der Waals surface area contributed by atoms with Crippen LogP contribution in [0.2, 0.25) is 0 Å². The van der Waals surface area contributed by atoms with Gasteiger partial charge in [-0.3, -0.25) is 0 Å². The molecule has 0 spiro atoms. The molecule has 0 aliphatic rings. The van der Waals surface area contributed by atoms with Crippen LogP contribution in [0.4, 0.5) is 0 Å². The van der Waals surface area contributed by atoms with Gasteiger partial charge in [-0.2, -0.15) is 0 Å². The number of nitrogens with one attached hydrogen (secondary N) is 2. The molecule has 1 rings (SSSR count). The zero-order valence-corrected chi connectivity index (χ0v) is 12.5. The van der Waals surface area contributed by atoms with Crippen molar-refractivity contribution in [3.05, 3.63) is 35.4 Å². The maximum Gasteiger partial charge on any atom is 0.0208 e. The Hall–Kier alpha value is -0.860. The summed E-state index contributed by atoms with van der Waals surface area (Å²) in [6.45, 7) is 13.0. The monoisotopic (exact) mass is 248 g/mol. The zero-order chi connectivity index (χ0) is 13.5. The van der Waals surface area contributed by atoms with Crippen LogP contribution in [-0.4, -0.2) is 18.6 Å². The Bertz CT molecular complexity index is 327. The SMILES string of the molecule is CC(C)NCC(C)NCc1ccc(C(C)C)cc1. The minimum atomic E-state index is 0.497. The molecular formula is C16H28N2. The van der Waals surface area contributed by atoms with E-state index < -0.39 is 0 Å². The molecule has 0 amide bonds. The van der Waals surface area contributed by atoms with Gasteiger partial charge in [0.05, 0.1) is 0 Å². The number of hydrogen-bond acceptors (Lipinski definition) is 2. The van der Waals surface area contributed by atoms with Gasteiger partial charge in [0, 0.05) is 25.2 Å². The molecule has 1 unspecified atom stereocenters. The van der Waals surface area contributed by atoms with Gasteiger partial charge in [-0.15, -0.1) is 0 Å². The summed E-state index contributed by atoms with van der Waals surface area (Å²) in [5.41, 5.74) is 2.77. The first-order valence-corrected chi connectivity index (χ1v) is 7.04. The van der Waals surface area contributed by atoms with Crippen molar-refractivity contribution in [2.24, 2.45) is 0 Å². The predicted octanol–water partition coefficient (Wildman–Crippen LogP) is 3.29. The largest absolute Gasteiger partial charge is 0.313 e. The highest BCUT2D eigenvalue weighted by molar-refractivity contribution is 5.24. The summed E-state index contributed by atoms with van der Waals surface area (Å²) in [6, 6.07) is 9.98. The van der Waals surface area contributed by atoms with Crippen LogP contribution >= 0.6 is 0 Å². The van der Waals surface area contributed by atoms with E-state index in [1.807, 2.05) is 0 Å². The van der Waals surface area contributed by atoms with Gasteiger partial charge in [-0.25, -0.2) is 0 Å². The van der Waals surface area contributed by atoms with Crippen LogP contribution in [-0.2, 0) is 6.54 Å². The van der Waals surface area contributed by atoms with Crippen molar-refractivity contribution < 1.29 is 0 Å². The van der Waals surface area contributed by atoms with Crippen LogP contribution in [0.5, 0.6) is 0 Å². The van der Waals surface area contributed by atoms with Crippen LogP contribution in [0.3, 0.4) is 0 Å².